The fourth-order valence-corrected chi connectivity index (χ4v) is 3.63. The zero-order valence-electron chi connectivity index (χ0n) is 12.5. The van der Waals surface area contributed by atoms with Crippen molar-refractivity contribution in [3.63, 3.8) is 0 Å². The molecule has 1 aliphatic heterocycles. The lowest BCUT2D eigenvalue weighted by atomic mass is 10.2. The highest BCUT2D eigenvalue weighted by molar-refractivity contribution is 7.90. The number of carbonyl (C=O) groups is 1. The second-order valence-electron chi connectivity index (χ2n) is 5.23. The number of benzene rings is 1. The summed E-state index contributed by atoms with van der Waals surface area (Å²) in [5, 5.41) is 0.326. The summed E-state index contributed by atoms with van der Waals surface area (Å²) in [5.41, 5.74) is 0.520. The smallest absolute Gasteiger partial charge is 0.223 e. The van der Waals surface area contributed by atoms with Gasteiger partial charge in [-0.05, 0) is 17.7 Å². The molecule has 8 heteroatoms. The monoisotopic (exact) mass is 347 g/mol. The quantitative estimate of drug-likeness (QED) is 0.807. The molecule has 1 aromatic rings. The van der Waals surface area contributed by atoms with Crippen molar-refractivity contribution in [2.45, 2.75) is 12.2 Å². The molecule has 0 aliphatic carbocycles. The number of carbonyl (C=O) groups excluding carboxylic acids is 1. The molecule has 1 amide bonds. The third-order valence-corrected chi connectivity index (χ3v) is 5.05. The van der Waals surface area contributed by atoms with Gasteiger partial charge >= 0.3 is 0 Å². The molecular formula is C14H18ClNO5S. The molecule has 0 unspecified atom stereocenters. The maximum absolute atomic E-state index is 12.1. The van der Waals surface area contributed by atoms with E-state index in [0.717, 1.165) is 0 Å². The van der Waals surface area contributed by atoms with Gasteiger partial charge in [0, 0.05) is 20.5 Å². The molecule has 0 N–H and O–H groups in total. The number of fused-ring (bicyclic) bond motifs is 1. The van der Waals surface area contributed by atoms with Crippen LogP contribution < -0.4 is 9.47 Å². The molecule has 1 aromatic carbocycles. The third-order valence-electron chi connectivity index (χ3n) is 3.17. The van der Waals surface area contributed by atoms with Gasteiger partial charge in [0.2, 0.25) is 5.91 Å². The van der Waals surface area contributed by atoms with Crippen LogP contribution in [0.1, 0.15) is 12.0 Å². The van der Waals surface area contributed by atoms with Crippen LogP contribution in [0.25, 0.3) is 0 Å². The molecule has 0 saturated heterocycles. The predicted octanol–water partition coefficient (Wildman–Crippen LogP) is 1.50. The first kappa shape index (κ1) is 16.9. The van der Waals surface area contributed by atoms with Crippen LogP contribution in [0.3, 0.4) is 0 Å². The molecule has 0 aromatic heterocycles. The van der Waals surface area contributed by atoms with Crippen molar-refractivity contribution in [3.8, 4) is 11.5 Å². The summed E-state index contributed by atoms with van der Waals surface area (Å²) >= 11 is 6.08. The minimum atomic E-state index is -3.41. The number of sulfone groups is 1. The molecule has 0 fully saturated rings. The van der Waals surface area contributed by atoms with Crippen molar-refractivity contribution in [2.24, 2.45) is 0 Å². The fourth-order valence-electron chi connectivity index (χ4n) is 2.04. The average Bonchev–Trinajstić information content (AvgIpc) is 2.44. The summed E-state index contributed by atoms with van der Waals surface area (Å²) in [4.78, 5) is 12.9. The van der Waals surface area contributed by atoms with Crippen LogP contribution in [-0.4, -0.2) is 52.3 Å². The van der Waals surface area contributed by atoms with Crippen LogP contribution in [0.2, 0.25) is 5.02 Å². The third kappa shape index (κ3) is 4.27. The van der Waals surface area contributed by atoms with Crippen LogP contribution in [0, 0.1) is 0 Å². The SMILES string of the molecule is CN(C)C(=O)CCS(=O)(=O)Cc1cc(Cl)c2c(c1)OCCO2. The summed E-state index contributed by atoms with van der Waals surface area (Å²) in [6, 6.07) is 3.17. The molecule has 22 heavy (non-hydrogen) atoms. The number of ether oxygens (including phenoxy) is 2. The second kappa shape index (κ2) is 6.75. The minimum Gasteiger partial charge on any atom is -0.486 e. The molecule has 0 bridgehead atoms. The van der Waals surface area contributed by atoms with Gasteiger partial charge in [0.1, 0.15) is 13.2 Å². The first-order valence-electron chi connectivity index (χ1n) is 6.77. The Morgan fingerprint density at radius 3 is 2.64 bits per heavy atom. The number of amides is 1. The van der Waals surface area contributed by atoms with Crippen molar-refractivity contribution in [1.29, 1.82) is 0 Å². The Bertz CT molecular complexity index is 672. The van der Waals surface area contributed by atoms with Gasteiger partial charge in [-0.1, -0.05) is 11.6 Å². The summed E-state index contributed by atoms with van der Waals surface area (Å²) < 4.78 is 35.1. The summed E-state index contributed by atoms with van der Waals surface area (Å²) in [7, 11) is -0.223. The number of nitrogens with zero attached hydrogens (tertiary/aromatic N) is 1. The highest BCUT2D eigenvalue weighted by Gasteiger charge is 2.20. The topological polar surface area (TPSA) is 72.9 Å². The summed E-state index contributed by atoms with van der Waals surface area (Å²) in [6.45, 7) is 0.813. The lowest BCUT2D eigenvalue weighted by molar-refractivity contribution is -0.128. The molecule has 1 aliphatic rings. The first-order chi connectivity index (χ1) is 10.3. The van der Waals surface area contributed by atoms with E-state index in [1.54, 1.807) is 26.2 Å². The number of hydrogen-bond donors (Lipinski definition) is 0. The van der Waals surface area contributed by atoms with Gasteiger partial charge in [-0.25, -0.2) is 8.42 Å². The first-order valence-corrected chi connectivity index (χ1v) is 8.97. The normalized spacial score (nSPS) is 13.8. The fraction of sp³-hybridized carbons (Fsp3) is 0.500. The highest BCUT2D eigenvalue weighted by Crippen LogP contribution is 2.38. The van der Waals surface area contributed by atoms with Gasteiger partial charge in [-0.3, -0.25) is 4.79 Å². The van der Waals surface area contributed by atoms with E-state index in [2.05, 4.69) is 0 Å². The average molecular weight is 348 g/mol. The predicted molar refractivity (Wildman–Crippen MR) is 83.2 cm³/mol. The lowest BCUT2D eigenvalue weighted by Gasteiger charge is -2.20. The number of hydrogen-bond acceptors (Lipinski definition) is 5. The van der Waals surface area contributed by atoms with Crippen LogP contribution in [0.15, 0.2) is 12.1 Å². The standard InChI is InChI=1S/C14H18ClNO5S/c1-16(2)13(17)3-6-22(18,19)9-10-7-11(15)14-12(8-10)20-4-5-21-14/h7-8H,3-6,9H2,1-2H3. The molecule has 0 radical (unpaired) electrons. The Morgan fingerprint density at radius 2 is 1.95 bits per heavy atom. The Kier molecular flexibility index (Phi) is 5.18. The number of rotatable bonds is 5. The Balaban J connectivity index is 2.09. The van der Waals surface area contributed by atoms with E-state index in [0.29, 0.717) is 35.3 Å². The van der Waals surface area contributed by atoms with Gasteiger partial charge in [0.15, 0.2) is 21.3 Å². The van der Waals surface area contributed by atoms with Crippen LogP contribution in [-0.2, 0) is 20.4 Å². The Labute approximate surface area is 134 Å². The molecule has 1 heterocycles. The minimum absolute atomic E-state index is 0.0341. The van der Waals surface area contributed by atoms with Gasteiger partial charge in [-0.15, -0.1) is 0 Å². The van der Waals surface area contributed by atoms with Gasteiger partial charge < -0.3 is 14.4 Å². The largest absolute Gasteiger partial charge is 0.486 e. The Morgan fingerprint density at radius 1 is 1.27 bits per heavy atom. The van der Waals surface area contributed by atoms with E-state index < -0.39 is 9.84 Å². The maximum atomic E-state index is 12.1. The van der Waals surface area contributed by atoms with Crippen molar-refractivity contribution in [2.75, 3.05) is 33.1 Å². The molecule has 2 rings (SSSR count). The van der Waals surface area contributed by atoms with Crippen LogP contribution >= 0.6 is 11.6 Å². The van der Waals surface area contributed by atoms with E-state index >= 15 is 0 Å². The van der Waals surface area contributed by atoms with Gasteiger partial charge in [0.05, 0.1) is 16.5 Å². The van der Waals surface area contributed by atoms with E-state index in [1.165, 1.54) is 4.90 Å². The van der Waals surface area contributed by atoms with Gasteiger partial charge in [-0.2, -0.15) is 0 Å². The van der Waals surface area contributed by atoms with Crippen molar-refractivity contribution >= 4 is 27.3 Å². The molecule has 0 saturated carbocycles. The van der Waals surface area contributed by atoms with Crippen molar-refractivity contribution < 1.29 is 22.7 Å². The van der Waals surface area contributed by atoms with Crippen molar-refractivity contribution in [3.05, 3.63) is 22.7 Å². The zero-order valence-corrected chi connectivity index (χ0v) is 14.0. The summed E-state index contributed by atoms with van der Waals surface area (Å²) in [5.74, 6) is 0.286. The van der Waals surface area contributed by atoms with Gasteiger partial charge in [0.25, 0.3) is 0 Å². The molecule has 0 spiro atoms. The second-order valence-corrected chi connectivity index (χ2v) is 7.82. The van der Waals surface area contributed by atoms with E-state index in [1.807, 2.05) is 0 Å². The lowest BCUT2D eigenvalue weighted by Crippen LogP contribution is -2.24. The highest BCUT2D eigenvalue weighted by atomic mass is 35.5. The van der Waals surface area contributed by atoms with Crippen LogP contribution in [0.4, 0.5) is 0 Å². The Hall–Kier alpha value is -1.47. The van der Waals surface area contributed by atoms with E-state index in [4.69, 9.17) is 21.1 Å². The number of halogens is 1. The van der Waals surface area contributed by atoms with E-state index in [-0.39, 0.29) is 23.8 Å². The molecule has 6 nitrogen and oxygen atoms in total. The molecular weight excluding hydrogens is 330 g/mol. The van der Waals surface area contributed by atoms with Crippen molar-refractivity contribution in [1.82, 2.24) is 4.90 Å². The van der Waals surface area contributed by atoms with E-state index in [9.17, 15) is 13.2 Å². The molecule has 0 atom stereocenters. The van der Waals surface area contributed by atoms with Crippen LogP contribution in [0.5, 0.6) is 11.5 Å². The summed E-state index contributed by atoms with van der Waals surface area (Å²) in [6.07, 6.45) is -0.0341. The zero-order chi connectivity index (χ0) is 16.3. The maximum Gasteiger partial charge on any atom is 0.223 e. The molecule has 122 valence electrons.